The highest BCUT2D eigenvalue weighted by atomic mass is 19.4. The Hall–Kier alpha value is -2.58. The molecule has 2 aromatic carbocycles. The number of halogens is 7. The summed E-state index contributed by atoms with van der Waals surface area (Å²) in [7, 11) is 0. The van der Waals surface area contributed by atoms with Crippen LogP contribution in [0.4, 0.5) is 36.4 Å². The third-order valence-electron chi connectivity index (χ3n) is 3.29. The van der Waals surface area contributed by atoms with Crippen LogP contribution in [0.3, 0.4) is 0 Å². The lowest BCUT2D eigenvalue weighted by Crippen LogP contribution is -2.16. The number of alkyl halides is 6. The van der Waals surface area contributed by atoms with E-state index >= 15 is 0 Å². The maximum atomic E-state index is 13.3. The first-order chi connectivity index (χ1) is 11.4. The lowest BCUT2D eigenvalue weighted by molar-refractivity contribution is -0.138. The molecule has 0 aliphatic rings. The summed E-state index contributed by atoms with van der Waals surface area (Å²) >= 11 is 0. The van der Waals surface area contributed by atoms with E-state index in [4.69, 9.17) is 0 Å². The van der Waals surface area contributed by atoms with Gasteiger partial charge in [-0.3, -0.25) is 4.79 Å². The Labute approximate surface area is 137 Å². The Bertz CT molecular complexity index is 809. The van der Waals surface area contributed by atoms with E-state index in [9.17, 15) is 35.5 Å². The normalized spacial score (nSPS) is 12.2. The lowest BCUT2D eigenvalue weighted by atomic mass is 10.1. The topological polar surface area (TPSA) is 29.1 Å². The van der Waals surface area contributed by atoms with Crippen molar-refractivity contribution in [1.82, 2.24) is 0 Å². The fraction of sp³-hybridized carbons (Fsp3) is 0.188. The minimum atomic E-state index is -4.87. The van der Waals surface area contributed by atoms with Crippen LogP contribution in [-0.2, 0) is 12.4 Å². The molecule has 134 valence electrons. The van der Waals surface area contributed by atoms with Crippen molar-refractivity contribution in [2.24, 2.45) is 0 Å². The van der Waals surface area contributed by atoms with Crippen LogP contribution >= 0.6 is 0 Å². The zero-order valence-electron chi connectivity index (χ0n) is 12.5. The summed E-state index contributed by atoms with van der Waals surface area (Å²) in [5, 5.41) is 2.03. The summed E-state index contributed by atoms with van der Waals surface area (Å²) in [5.74, 6) is -2.46. The van der Waals surface area contributed by atoms with E-state index in [1.54, 1.807) is 0 Å². The summed E-state index contributed by atoms with van der Waals surface area (Å²) in [6.07, 6.45) is -9.53. The predicted octanol–water partition coefficient (Wildman–Crippen LogP) is 5.42. The predicted molar refractivity (Wildman–Crippen MR) is 75.5 cm³/mol. The van der Waals surface area contributed by atoms with Gasteiger partial charge in [0.1, 0.15) is 5.82 Å². The fourth-order valence-corrected chi connectivity index (χ4v) is 2.09. The van der Waals surface area contributed by atoms with Gasteiger partial charge in [0.05, 0.1) is 11.1 Å². The van der Waals surface area contributed by atoms with Gasteiger partial charge in [-0.05, 0) is 42.8 Å². The second-order valence-electron chi connectivity index (χ2n) is 5.21. The van der Waals surface area contributed by atoms with Crippen molar-refractivity contribution in [2.75, 3.05) is 5.32 Å². The summed E-state index contributed by atoms with van der Waals surface area (Å²) in [6.45, 7) is 1.22. The van der Waals surface area contributed by atoms with Crippen molar-refractivity contribution in [3.63, 3.8) is 0 Å². The molecular weight excluding hydrogens is 355 g/mol. The number of carbonyl (C=O) groups excluding carboxylic acids is 1. The lowest BCUT2D eigenvalue weighted by Gasteiger charge is -2.13. The Morgan fingerprint density at radius 3 is 2.12 bits per heavy atom. The number of rotatable bonds is 2. The zero-order chi connectivity index (χ0) is 19.0. The van der Waals surface area contributed by atoms with Crippen molar-refractivity contribution in [2.45, 2.75) is 19.3 Å². The van der Waals surface area contributed by atoms with Gasteiger partial charge >= 0.3 is 12.4 Å². The third kappa shape index (κ3) is 4.49. The second kappa shape index (κ2) is 6.38. The average molecular weight is 365 g/mol. The van der Waals surface area contributed by atoms with Crippen LogP contribution < -0.4 is 5.32 Å². The molecule has 2 aromatic rings. The first-order valence-corrected chi connectivity index (χ1v) is 6.75. The molecule has 0 spiro atoms. The van der Waals surface area contributed by atoms with Crippen LogP contribution in [0.2, 0.25) is 0 Å². The van der Waals surface area contributed by atoms with Crippen LogP contribution in [0.15, 0.2) is 36.4 Å². The maximum Gasteiger partial charge on any atom is 0.416 e. The van der Waals surface area contributed by atoms with E-state index in [1.165, 1.54) is 6.92 Å². The minimum absolute atomic E-state index is 0.0874. The molecule has 0 aliphatic heterocycles. The molecule has 0 bridgehead atoms. The zero-order valence-corrected chi connectivity index (χ0v) is 12.5. The average Bonchev–Trinajstić information content (AvgIpc) is 2.46. The number of nitrogens with one attached hydrogen (secondary N) is 1. The molecule has 1 N–H and O–H groups in total. The molecule has 0 saturated heterocycles. The van der Waals surface area contributed by atoms with Crippen LogP contribution in [0.25, 0.3) is 0 Å². The van der Waals surface area contributed by atoms with Crippen LogP contribution in [0.1, 0.15) is 27.0 Å². The van der Waals surface area contributed by atoms with E-state index < -0.39 is 40.8 Å². The van der Waals surface area contributed by atoms with Gasteiger partial charge in [0, 0.05) is 11.3 Å². The van der Waals surface area contributed by atoms with Gasteiger partial charge in [0.15, 0.2) is 0 Å². The Balaban J connectivity index is 2.34. The van der Waals surface area contributed by atoms with Gasteiger partial charge < -0.3 is 5.32 Å². The molecule has 2 rings (SSSR count). The van der Waals surface area contributed by atoms with E-state index in [-0.39, 0.29) is 17.3 Å². The summed E-state index contributed by atoms with van der Waals surface area (Å²) in [5.41, 5.74) is -3.41. The van der Waals surface area contributed by atoms with Crippen molar-refractivity contribution < 1.29 is 35.5 Å². The molecule has 0 unspecified atom stereocenters. The Kier molecular flexibility index (Phi) is 4.79. The monoisotopic (exact) mass is 365 g/mol. The van der Waals surface area contributed by atoms with E-state index in [2.05, 4.69) is 0 Å². The van der Waals surface area contributed by atoms with Crippen molar-refractivity contribution >= 4 is 11.6 Å². The summed E-state index contributed by atoms with van der Waals surface area (Å²) in [6, 6.07) is 4.10. The number of hydrogen-bond donors (Lipinski definition) is 1. The molecular formula is C16H10F7NO. The van der Waals surface area contributed by atoms with E-state index in [0.717, 1.165) is 12.1 Å². The van der Waals surface area contributed by atoms with Gasteiger partial charge in [-0.25, -0.2) is 4.39 Å². The van der Waals surface area contributed by atoms with Gasteiger partial charge in [-0.1, -0.05) is 6.07 Å². The standard InChI is InChI=1S/C16H10F7NO/c1-8-2-3-12(7-13(8)16(21,22)23)24-14(25)9-4-10(15(18,19)20)6-11(17)5-9/h2-7H,1H3,(H,24,25). The molecule has 0 atom stereocenters. The molecule has 2 nitrogen and oxygen atoms in total. The van der Waals surface area contributed by atoms with Gasteiger partial charge in [0.25, 0.3) is 5.91 Å². The van der Waals surface area contributed by atoms with Crippen molar-refractivity contribution in [1.29, 1.82) is 0 Å². The SMILES string of the molecule is Cc1ccc(NC(=O)c2cc(F)cc(C(F)(F)F)c2)cc1C(F)(F)F. The van der Waals surface area contributed by atoms with Crippen molar-refractivity contribution in [3.8, 4) is 0 Å². The molecule has 0 radical (unpaired) electrons. The van der Waals surface area contributed by atoms with E-state index in [0.29, 0.717) is 18.2 Å². The first-order valence-electron chi connectivity index (χ1n) is 6.75. The number of aryl methyl sites for hydroxylation is 1. The van der Waals surface area contributed by atoms with Gasteiger partial charge in [-0.2, -0.15) is 26.3 Å². The summed E-state index contributed by atoms with van der Waals surface area (Å²) in [4.78, 5) is 12.0. The number of hydrogen-bond acceptors (Lipinski definition) is 1. The molecule has 0 saturated carbocycles. The highest BCUT2D eigenvalue weighted by Crippen LogP contribution is 2.34. The quantitative estimate of drug-likeness (QED) is 0.707. The number of carbonyl (C=O) groups is 1. The Morgan fingerprint density at radius 2 is 1.56 bits per heavy atom. The van der Waals surface area contributed by atoms with Crippen molar-refractivity contribution in [3.05, 3.63) is 64.5 Å². The number of amides is 1. The Morgan fingerprint density at radius 1 is 0.920 bits per heavy atom. The number of anilines is 1. The highest BCUT2D eigenvalue weighted by molar-refractivity contribution is 6.04. The third-order valence-corrected chi connectivity index (χ3v) is 3.29. The first kappa shape index (κ1) is 18.8. The molecule has 0 aliphatic carbocycles. The second-order valence-corrected chi connectivity index (χ2v) is 5.21. The van der Waals surface area contributed by atoms with E-state index in [1.807, 2.05) is 5.32 Å². The molecule has 0 heterocycles. The smallest absolute Gasteiger partial charge is 0.322 e. The minimum Gasteiger partial charge on any atom is -0.322 e. The summed E-state index contributed by atoms with van der Waals surface area (Å²) < 4.78 is 89.7. The molecule has 1 amide bonds. The largest absolute Gasteiger partial charge is 0.416 e. The van der Waals surface area contributed by atoms with Crippen LogP contribution in [0, 0.1) is 12.7 Å². The highest BCUT2D eigenvalue weighted by Gasteiger charge is 2.33. The molecule has 9 heteroatoms. The van der Waals surface area contributed by atoms with Gasteiger partial charge in [0.2, 0.25) is 0 Å². The molecule has 0 fully saturated rings. The number of benzene rings is 2. The molecule has 25 heavy (non-hydrogen) atoms. The van der Waals surface area contributed by atoms with Gasteiger partial charge in [-0.15, -0.1) is 0 Å². The van der Waals surface area contributed by atoms with Crippen LogP contribution in [0.5, 0.6) is 0 Å². The maximum absolute atomic E-state index is 13.3. The van der Waals surface area contributed by atoms with Crippen LogP contribution in [-0.4, -0.2) is 5.91 Å². The fourth-order valence-electron chi connectivity index (χ4n) is 2.09. The molecule has 0 aromatic heterocycles.